The Morgan fingerprint density at radius 1 is 1.04 bits per heavy atom. The van der Waals surface area contributed by atoms with E-state index in [1.54, 1.807) is 0 Å². The van der Waals surface area contributed by atoms with Gasteiger partial charge >= 0.3 is 0 Å². The van der Waals surface area contributed by atoms with Crippen LogP contribution in [0.3, 0.4) is 0 Å². The van der Waals surface area contributed by atoms with Crippen molar-refractivity contribution in [2.45, 2.75) is 26.2 Å². The first-order valence-corrected chi connectivity index (χ1v) is 9.23. The highest BCUT2D eigenvalue weighted by atomic mass is 32.1. The van der Waals surface area contributed by atoms with Crippen LogP contribution in [0.15, 0.2) is 54.6 Å². The second-order valence-corrected chi connectivity index (χ2v) is 6.74. The quantitative estimate of drug-likeness (QED) is 0.732. The van der Waals surface area contributed by atoms with Gasteiger partial charge in [-0.15, -0.1) is 0 Å². The number of hydrogen-bond acceptors (Lipinski definition) is 2. The van der Waals surface area contributed by atoms with Gasteiger partial charge < -0.3 is 9.64 Å². The van der Waals surface area contributed by atoms with Gasteiger partial charge in [0.2, 0.25) is 0 Å². The lowest BCUT2D eigenvalue weighted by atomic mass is 9.90. The van der Waals surface area contributed by atoms with Crippen LogP contribution in [0.5, 0.6) is 5.75 Å². The van der Waals surface area contributed by atoms with Crippen LogP contribution in [-0.2, 0) is 6.42 Å². The van der Waals surface area contributed by atoms with Crippen LogP contribution in [0.1, 0.15) is 30.9 Å². The van der Waals surface area contributed by atoms with Crippen LogP contribution in [-0.4, -0.2) is 29.6 Å². The van der Waals surface area contributed by atoms with E-state index in [0.717, 1.165) is 35.3 Å². The van der Waals surface area contributed by atoms with E-state index in [1.165, 1.54) is 24.8 Å². The van der Waals surface area contributed by atoms with Gasteiger partial charge in [-0.05, 0) is 49.8 Å². The van der Waals surface area contributed by atoms with Gasteiger partial charge in [0.15, 0.2) is 0 Å². The molecular formula is C21H25NOS. The molecule has 2 aromatic rings. The van der Waals surface area contributed by atoms with Crippen molar-refractivity contribution in [3.8, 4) is 5.75 Å². The van der Waals surface area contributed by atoms with E-state index in [-0.39, 0.29) is 0 Å². The molecule has 0 saturated carbocycles. The molecule has 0 radical (unpaired) electrons. The van der Waals surface area contributed by atoms with Crippen molar-refractivity contribution in [3.05, 3.63) is 65.7 Å². The number of para-hydroxylation sites is 1. The Balaban J connectivity index is 1.59. The summed E-state index contributed by atoms with van der Waals surface area (Å²) >= 11 is 5.76. The molecule has 0 aliphatic carbocycles. The third kappa shape index (κ3) is 4.15. The highest BCUT2D eigenvalue weighted by molar-refractivity contribution is 7.80. The lowest BCUT2D eigenvalue weighted by molar-refractivity contribution is 0.268. The van der Waals surface area contributed by atoms with Gasteiger partial charge in [-0.2, -0.15) is 0 Å². The summed E-state index contributed by atoms with van der Waals surface area (Å²) in [6.07, 6.45) is 3.58. The average molecular weight is 340 g/mol. The second kappa shape index (κ2) is 8.29. The number of hydrogen-bond donors (Lipinski definition) is 0. The van der Waals surface area contributed by atoms with Crippen molar-refractivity contribution in [1.82, 2.24) is 4.90 Å². The molecule has 1 aliphatic rings. The molecule has 2 aromatic carbocycles. The molecule has 126 valence electrons. The topological polar surface area (TPSA) is 12.5 Å². The summed E-state index contributed by atoms with van der Waals surface area (Å²) in [6, 6.07) is 18.9. The van der Waals surface area contributed by atoms with Gasteiger partial charge in [-0.3, -0.25) is 0 Å². The van der Waals surface area contributed by atoms with E-state index in [1.807, 2.05) is 25.1 Å². The van der Waals surface area contributed by atoms with Crippen molar-refractivity contribution < 1.29 is 4.74 Å². The van der Waals surface area contributed by atoms with E-state index >= 15 is 0 Å². The van der Waals surface area contributed by atoms with Gasteiger partial charge in [0, 0.05) is 13.1 Å². The first kappa shape index (κ1) is 17.0. The second-order valence-electron chi connectivity index (χ2n) is 6.35. The van der Waals surface area contributed by atoms with E-state index in [0.29, 0.717) is 6.61 Å². The van der Waals surface area contributed by atoms with E-state index < -0.39 is 0 Å². The Kier molecular flexibility index (Phi) is 5.86. The minimum absolute atomic E-state index is 0.665. The molecular weight excluding hydrogens is 314 g/mol. The van der Waals surface area contributed by atoms with Crippen molar-refractivity contribution in [2.24, 2.45) is 5.92 Å². The molecule has 0 N–H and O–H groups in total. The largest absolute Gasteiger partial charge is 0.493 e. The van der Waals surface area contributed by atoms with Crippen molar-refractivity contribution in [2.75, 3.05) is 19.7 Å². The van der Waals surface area contributed by atoms with Crippen LogP contribution >= 0.6 is 12.2 Å². The number of nitrogens with zero attached hydrogens (tertiary/aromatic N) is 1. The molecule has 0 spiro atoms. The number of ether oxygens (including phenoxy) is 1. The van der Waals surface area contributed by atoms with Gasteiger partial charge in [0.1, 0.15) is 10.7 Å². The summed E-state index contributed by atoms with van der Waals surface area (Å²) in [7, 11) is 0. The average Bonchev–Trinajstić information content (AvgIpc) is 2.63. The van der Waals surface area contributed by atoms with E-state index in [4.69, 9.17) is 17.0 Å². The third-order valence-corrected chi connectivity index (χ3v) is 5.16. The fourth-order valence-electron chi connectivity index (χ4n) is 3.38. The van der Waals surface area contributed by atoms with E-state index in [9.17, 15) is 0 Å². The minimum atomic E-state index is 0.665. The van der Waals surface area contributed by atoms with Crippen LogP contribution in [0.25, 0.3) is 0 Å². The molecule has 1 fully saturated rings. The van der Waals surface area contributed by atoms with Crippen molar-refractivity contribution >= 4 is 17.2 Å². The molecule has 0 atom stereocenters. The smallest absolute Gasteiger partial charge is 0.129 e. The number of piperidine rings is 1. The number of likely N-dealkylation sites (tertiary alicyclic amines) is 1. The molecule has 3 rings (SSSR count). The SMILES string of the molecule is CCOc1ccccc1C(=S)N1CCC(Cc2ccccc2)CC1. The van der Waals surface area contributed by atoms with Gasteiger partial charge in [-0.1, -0.05) is 54.7 Å². The Morgan fingerprint density at radius 3 is 2.42 bits per heavy atom. The molecule has 1 heterocycles. The summed E-state index contributed by atoms with van der Waals surface area (Å²) in [5.41, 5.74) is 2.50. The summed E-state index contributed by atoms with van der Waals surface area (Å²) < 4.78 is 5.73. The maximum absolute atomic E-state index is 5.76. The van der Waals surface area contributed by atoms with Gasteiger partial charge in [0.05, 0.1) is 12.2 Å². The van der Waals surface area contributed by atoms with Crippen LogP contribution < -0.4 is 4.74 Å². The van der Waals surface area contributed by atoms with E-state index in [2.05, 4.69) is 41.3 Å². The van der Waals surface area contributed by atoms with Crippen LogP contribution in [0, 0.1) is 5.92 Å². The first-order chi connectivity index (χ1) is 11.8. The fourth-order valence-corrected chi connectivity index (χ4v) is 3.73. The maximum Gasteiger partial charge on any atom is 0.129 e. The molecule has 24 heavy (non-hydrogen) atoms. The van der Waals surface area contributed by atoms with Crippen LogP contribution in [0.2, 0.25) is 0 Å². The number of rotatable bonds is 5. The molecule has 1 saturated heterocycles. The Hall–Kier alpha value is -1.87. The minimum Gasteiger partial charge on any atom is -0.493 e. The molecule has 0 unspecified atom stereocenters. The number of benzene rings is 2. The summed E-state index contributed by atoms with van der Waals surface area (Å²) in [6.45, 7) is 4.75. The Bertz CT molecular complexity index is 663. The summed E-state index contributed by atoms with van der Waals surface area (Å²) in [4.78, 5) is 3.27. The molecule has 2 nitrogen and oxygen atoms in total. The predicted octanol–water partition coefficient (Wildman–Crippen LogP) is 4.72. The van der Waals surface area contributed by atoms with Gasteiger partial charge in [-0.25, -0.2) is 0 Å². The maximum atomic E-state index is 5.76. The highest BCUT2D eigenvalue weighted by Gasteiger charge is 2.23. The van der Waals surface area contributed by atoms with Gasteiger partial charge in [0.25, 0.3) is 0 Å². The lowest BCUT2D eigenvalue weighted by Crippen LogP contribution is -2.38. The predicted molar refractivity (Wildman–Crippen MR) is 104 cm³/mol. The molecule has 1 aliphatic heterocycles. The highest BCUT2D eigenvalue weighted by Crippen LogP contribution is 2.26. The summed E-state index contributed by atoms with van der Waals surface area (Å²) in [5, 5.41) is 0. The van der Waals surface area contributed by atoms with Crippen LogP contribution in [0.4, 0.5) is 0 Å². The monoisotopic (exact) mass is 339 g/mol. The normalized spacial score (nSPS) is 15.3. The Labute approximate surface area is 150 Å². The molecule has 3 heteroatoms. The summed E-state index contributed by atoms with van der Waals surface area (Å²) in [5.74, 6) is 1.66. The number of thiocarbonyl (C=S) groups is 1. The molecule has 0 aromatic heterocycles. The zero-order valence-corrected chi connectivity index (χ0v) is 15.1. The zero-order chi connectivity index (χ0) is 16.8. The van der Waals surface area contributed by atoms with Crippen molar-refractivity contribution in [1.29, 1.82) is 0 Å². The first-order valence-electron chi connectivity index (χ1n) is 8.83. The third-order valence-electron chi connectivity index (χ3n) is 4.69. The standard InChI is InChI=1S/C21H25NOS/c1-2-23-20-11-7-6-10-19(20)21(24)22-14-12-18(13-15-22)16-17-8-4-3-5-9-17/h3-11,18H,2,12-16H2,1H3. The fraction of sp³-hybridized carbons (Fsp3) is 0.381. The van der Waals surface area contributed by atoms with Crippen molar-refractivity contribution in [3.63, 3.8) is 0 Å². The molecule has 0 bridgehead atoms. The Morgan fingerprint density at radius 2 is 1.71 bits per heavy atom. The molecule has 0 amide bonds. The lowest BCUT2D eigenvalue weighted by Gasteiger charge is -2.34. The zero-order valence-electron chi connectivity index (χ0n) is 14.3.